The molecule has 0 spiro atoms. The predicted molar refractivity (Wildman–Crippen MR) is 59.0 cm³/mol. The van der Waals surface area contributed by atoms with Gasteiger partial charge >= 0.3 is 0 Å². The van der Waals surface area contributed by atoms with E-state index in [2.05, 4.69) is 18.4 Å². The van der Waals surface area contributed by atoms with Gasteiger partial charge in [0.15, 0.2) is 0 Å². The van der Waals surface area contributed by atoms with E-state index >= 15 is 0 Å². The molecule has 0 rings (SSSR count). The van der Waals surface area contributed by atoms with Crippen molar-refractivity contribution in [1.82, 2.24) is 4.90 Å². The molecule has 0 aromatic carbocycles. The quantitative estimate of drug-likeness (QED) is 0.461. The normalized spacial score (nSPS) is 9.08. The van der Waals surface area contributed by atoms with Gasteiger partial charge in [0.2, 0.25) is 0 Å². The molecule has 0 aliphatic heterocycles. The Bertz CT molecular complexity index is 77.9. The SMILES string of the molecule is C=CCN(CCC)CCCl.CC. The smallest absolute Gasteiger partial charge is 0.0351 e. The minimum Gasteiger partial charge on any atom is -0.299 e. The van der Waals surface area contributed by atoms with Crippen LogP contribution in [0.25, 0.3) is 0 Å². The molecule has 12 heavy (non-hydrogen) atoms. The first-order chi connectivity index (χ1) is 5.85. The van der Waals surface area contributed by atoms with E-state index in [1.165, 1.54) is 6.42 Å². The molecule has 0 unspecified atom stereocenters. The van der Waals surface area contributed by atoms with Gasteiger partial charge in [0.25, 0.3) is 0 Å². The molecule has 0 saturated carbocycles. The molecule has 2 heteroatoms. The predicted octanol–water partition coefficient (Wildman–Crippen LogP) is 3.15. The second kappa shape index (κ2) is 13.6. The third-order valence-corrected chi connectivity index (χ3v) is 1.50. The van der Waals surface area contributed by atoms with E-state index in [-0.39, 0.29) is 0 Å². The molecule has 1 nitrogen and oxygen atoms in total. The van der Waals surface area contributed by atoms with Crippen molar-refractivity contribution >= 4 is 11.6 Å². The molecule has 0 heterocycles. The van der Waals surface area contributed by atoms with Crippen molar-refractivity contribution < 1.29 is 0 Å². The maximum Gasteiger partial charge on any atom is 0.0351 e. The fraction of sp³-hybridized carbons (Fsp3) is 0.800. The molecule has 0 N–H and O–H groups in total. The van der Waals surface area contributed by atoms with E-state index in [1.54, 1.807) is 0 Å². The van der Waals surface area contributed by atoms with Crippen LogP contribution in [0.2, 0.25) is 0 Å². The number of alkyl halides is 1. The minimum atomic E-state index is 0.716. The zero-order valence-corrected chi connectivity index (χ0v) is 9.40. The summed E-state index contributed by atoms with van der Waals surface area (Å²) in [7, 11) is 0. The molecule has 74 valence electrons. The zero-order valence-electron chi connectivity index (χ0n) is 8.65. The Morgan fingerprint density at radius 1 is 1.33 bits per heavy atom. The highest BCUT2D eigenvalue weighted by Crippen LogP contribution is 1.91. The first kappa shape index (κ1) is 14.5. The topological polar surface area (TPSA) is 3.24 Å². The van der Waals surface area contributed by atoms with Crippen LogP contribution in [0.15, 0.2) is 12.7 Å². The van der Waals surface area contributed by atoms with Crippen LogP contribution in [0, 0.1) is 0 Å². The van der Waals surface area contributed by atoms with Crippen LogP contribution in [0.4, 0.5) is 0 Å². The number of rotatable bonds is 6. The van der Waals surface area contributed by atoms with E-state index in [1.807, 2.05) is 19.9 Å². The summed E-state index contributed by atoms with van der Waals surface area (Å²) in [5.41, 5.74) is 0. The van der Waals surface area contributed by atoms with Crippen molar-refractivity contribution in [2.45, 2.75) is 27.2 Å². The summed E-state index contributed by atoms with van der Waals surface area (Å²) in [6, 6.07) is 0. The Labute approximate surface area is 82.4 Å². The summed E-state index contributed by atoms with van der Waals surface area (Å²) < 4.78 is 0. The van der Waals surface area contributed by atoms with Crippen molar-refractivity contribution in [2.24, 2.45) is 0 Å². The monoisotopic (exact) mass is 191 g/mol. The molecule has 0 aromatic rings. The van der Waals surface area contributed by atoms with Gasteiger partial charge in [-0.15, -0.1) is 18.2 Å². The summed E-state index contributed by atoms with van der Waals surface area (Å²) >= 11 is 5.59. The average Bonchev–Trinajstić information content (AvgIpc) is 2.10. The van der Waals surface area contributed by atoms with Gasteiger partial charge in [0.05, 0.1) is 0 Å². The standard InChI is InChI=1S/C8H16ClN.C2H6/c1-3-6-10(7-4-2)8-5-9;1-2/h3H,1,4-8H2,2H3;1-2H3. The van der Waals surface area contributed by atoms with Crippen LogP contribution < -0.4 is 0 Å². The molecule has 0 saturated heterocycles. The molecule has 0 aromatic heterocycles. The van der Waals surface area contributed by atoms with Crippen LogP contribution >= 0.6 is 11.6 Å². The lowest BCUT2D eigenvalue weighted by Gasteiger charge is -2.17. The third kappa shape index (κ3) is 9.99. The number of hydrogen-bond acceptors (Lipinski definition) is 1. The number of hydrogen-bond donors (Lipinski definition) is 0. The lowest BCUT2D eigenvalue weighted by Crippen LogP contribution is -2.26. The lowest BCUT2D eigenvalue weighted by molar-refractivity contribution is 0.322. The third-order valence-electron chi connectivity index (χ3n) is 1.33. The van der Waals surface area contributed by atoms with Crippen molar-refractivity contribution in [1.29, 1.82) is 0 Å². The van der Waals surface area contributed by atoms with E-state index in [0.29, 0.717) is 5.88 Å². The van der Waals surface area contributed by atoms with E-state index in [0.717, 1.165) is 19.6 Å². The second-order valence-electron chi connectivity index (χ2n) is 2.28. The highest BCUT2D eigenvalue weighted by Gasteiger charge is 1.97. The largest absolute Gasteiger partial charge is 0.299 e. The first-order valence-corrected chi connectivity index (χ1v) is 5.27. The molecule has 0 amide bonds. The summed E-state index contributed by atoms with van der Waals surface area (Å²) in [4.78, 5) is 2.29. The Hall–Kier alpha value is -0.0100. The maximum atomic E-state index is 5.59. The molecule has 0 bridgehead atoms. The zero-order chi connectivity index (χ0) is 9.82. The summed E-state index contributed by atoms with van der Waals surface area (Å²) in [5.74, 6) is 0.716. The van der Waals surface area contributed by atoms with Crippen molar-refractivity contribution in [2.75, 3.05) is 25.5 Å². The minimum absolute atomic E-state index is 0.716. The lowest BCUT2D eigenvalue weighted by atomic mass is 10.4. The molecule has 0 fully saturated rings. The number of halogens is 1. The Morgan fingerprint density at radius 3 is 2.25 bits per heavy atom. The van der Waals surface area contributed by atoms with Crippen LogP contribution in [0.5, 0.6) is 0 Å². The fourth-order valence-electron chi connectivity index (χ4n) is 0.913. The van der Waals surface area contributed by atoms with Crippen molar-refractivity contribution in [3.8, 4) is 0 Å². The highest BCUT2D eigenvalue weighted by atomic mass is 35.5. The first-order valence-electron chi connectivity index (χ1n) is 4.74. The van der Waals surface area contributed by atoms with E-state index in [9.17, 15) is 0 Å². The fourth-order valence-corrected chi connectivity index (χ4v) is 1.15. The molecular formula is C10H22ClN. The van der Waals surface area contributed by atoms with E-state index in [4.69, 9.17) is 11.6 Å². The van der Waals surface area contributed by atoms with Crippen molar-refractivity contribution in [3.63, 3.8) is 0 Å². The molecule has 0 atom stereocenters. The summed E-state index contributed by atoms with van der Waals surface area (Å²) in [6.45, 7) is 12.9. The van der Waals surface area contributed by atoms with Gasteiger partial charge in [-0.1, -0.05) is 26.8 Å². The van der Waals surface area contributed by atoms with Crippen molar-refractivity contribution in [3.05, 3.63) is 12.7 Å². The van der Waals surface area contributed by atoms with Crippen LogP contribution in [0.3, 0.4) is 0 Å². The summed E-state index contributed by atoms with van der Waals surface area (Å²) in [5, 5.41) is 0. The molecule has 0 aliphatic rings. The van der Waals surface area contributed by atoms with Gasteiger partial charge in [-0.05, 0) is 13.0 Å². The van der Waals surface area contributed by atoms with Gasteiger partial charge in [-0.2, -0.15) is 0 Å². The molecular weight excluding hydrogens is 170 g/mol. The van der Waals surface area contributed by atoms with Gasteiger partial charge in [0.1, 0.15) is 0 Å². The van der Waals surface area contributed by atoms with Gasteiger partial charge in [-0.25, -0.2) is 0 Å². The average molecular weight is 192 g/mol. The maximum absolute atomic E-state index is 5.59. The van der Waals surface area contributed by atoms with Crippen LogP contribution in [-0.2, 0) is 0 Å². The molecule has 0 radical (unpaired) electrons. The number of nitrogens with zero attached hydrogens (tertiary/aromatic N) is 1. The highest BCUT2D eigenvalue weighted by molar-refractivity contribution is 6.18. The molecule has 0 aliphatic carbocycles. The Kier molecular flexibility index (Phi) is 16.4. The Balaban J connectivity index is 0. The van der Waals surface area contributed by atoms with Crippen LogP contribution in [0.1, 0.15) is 27.2 Å². The second-order valence-corrected chi connectivity index (χ2v) is 2.66. The van der Waals surface area contributed by atoms with E-state index < -0.39 is 0 Å². The van der Waals surface area contributed by atoms with Gasteiger partial charge < -0.3 is 0 Å². The Morgan fingerprint density at radius 2 is 1.92 bits per heavy atom. The van der Waals surface area contributed by atoms with Gasteiger partial charge in [0, 0.05) is 19.0 Å². The van der Waals surface area contributed by atoms with Crippen LogP contribution in [-0.4, -0.2) is 30.4 Å². The van der Waals surface area contributed by atoms with Gasteiger partial charge in [-0.3, -0.25) is 4.90 Å². The summed E-state index contributed by atoms with van der Waals surface area (Å²) in [6.07, 6.45) is 3.10.